The molecule has 1 aromatic heterocycles. The summed E-state index contributed by atoms with van der Waals surface area (Å²) in [6.45, 7) is 0.682. The summed E-state index contributed by atoms with van der Waals surface area (Å²) >= 11 is 1.53. The van der Waals surface area contributed by atoms with Crippen molar-refractivity contribution in [2.75, 3.05) is 19.9 Å². The van der Waals surface area contributed by atoms with Gasteiger partial charge in [-0.1, -0.05) is 12.1 Å². The number of H-pyrrole nitrogens is 1. The van der Waals surface area contributed by atoms with Crippen LogP contribution >= 0.6 is 11.8 Å². The van der Waals surface area contributed by atoms with E-state index in [1.807, 2.05) is 36.6 Å². The molecule has 4 rings (SSSR count). The normalized spacial score (nSPS) is 19.9. The predicted octanol–water partition coefficient (Wildman–Crippen LogP) is 3.36. The zero-order valence-electron chi connectivity index (χ0n) is 13.9. The van der Waals surface area contributed by atoms with E-state index < -0.39 is 10.8 Å². The topological polar surface area (TPSA) is 67.3 Å². The molecule has 2 aliphatic heterocycles. The number of hydrogen-bond acceptors (Lipinski definition) is 5. The minimum atomic E-state index is -1.21. The molecule has 25 heavy (non-hydrogen) atoms. The van der Waals surface area contributed by atoms with Crippen LogP contribution in [-0.4, -0.2) is 40.0 Å². The molecule has 7 heteroatoms. The molecule has 5 nitrogen and oxygen atoms in total. The zero-order valence-corrected chi connectivity index (χ0v) is 15.5. The largest absolute Gasteiger partial charge is 0.497 e. The van der Waals surface area contributed by atoms with E-state index in [0.717, 1.165) is 49.4 Å². The number of rotatable bonds is 4. The summed E-state index contributed by atoms with van der Waals surface area (Å²) in [4.78, 5) is 5.60. The Morgan fingerprint density at radius 2 is 2.20 bits per heavy atom. The van der Waals surface area contributed by atoms with E-state index in [9.17, 15) is 4.21 Å². The summed E-state index contributed by atoms with van der Waals surface area (Å²) in [6.07, 6.45) is 4.44. The Morgan fingerprint density at radius 3 is 2.92 bits per heavy atom. The standard InChI is InChI=1S/C18H17N3O2S2/c1-23-12-5-3-4-11(10-12)16-15-13(6-8-19-16)17(14-7-9-20-21-14)25(22)18(15)24-2/h3-5,7,9-10H,6,8H2,1-2H3,(H,20,21). The Labute approximate surface area is 152 Å². The van der Waals surface area contributed by atoms with Gasteiger partial charge in [0.2, 0.25) is 0 Å². The number of aliphatic imine (C=N–C) groups is 1. The van der Waals surface area contributed by atoms with E-state index in [0.29, 0.717) is 6.54 Å². The molecule has 1 atom stereocenters. The molecule has 0 aliphatic carbocycles. The third kappa shape index (κ3) is 2.67. The molecule has 2 aliphatic rings. The van der Waals surface area contributed by atoms with Gasteiger partial charge in [0, 0.05) is 23.9 Å². The van der Waals surface area contributed by atoms with Crippen molar-refractivity contribution in [3.8, 4) is 5.75 Å². The summed E-state index contributed by atoms with van der Waals surface area (Å²) in [6, 6.07) is 9.74. The summed E-state index contributed by atoms with van der Waals surface area (Å²) < 4.78 is 19.4. The molecule has 1 aromatic carbocycles. The van der Waals surface area contributed by atoms with Crippen molar-refractivity contribution >= 4 is 33.2 Å². The second-order valence-electron chi connectivity index (χ2n) is 5.63. The third-order valence-corrected chi connectivity index (χ3v) is 7.18. The van der Waals surface area contributed by atoms with Crippen LogP contribution in [0.3, 0.4) is 0 Å². The minimum absolute atomic E-state index is 0.682. The Balaban J connectivity index is 1.89. The second kappa shape index (κ2) is 6.65. The zero-order chi connectivity index (χ0) is 17.4. The maximum Gasteiger partial charge on any atom is 0.119 e. The van der Waals surface area contributed by atoms with E-state index in [-0.39, 0.29) is 0 Å². The number of ether oxygens (including phenoxy) is 1. The van der Waals surface area contributed by atoms with Gasteiger partial charge in [-0.2, -0.15) is 5.10 Å². The lowest BCUT2D eigenvalue weighted by Gasteiger charge is -2.18. The lowest BCUT2D eigenvalue weighted by molar-refractivity contribution is 0.414. The molecular formula is C18H17N3O2S2. The molecule has 0 saturated carbocycles. The van der Waals surface area contributed by atoms with E-state index in [2.05, 4.69) is 10.2 Å². The van der Waals surface area contributed by atoms with Crippen molar-refractivity contribution in [1.29, 1.82) is 0 Å². The van der Waals surface area contributed by atoms with E-state index in [4.69, 9.17) is 9.73 Å². The Bertz CT molecular complexity index is 943. The summed E-state index contributed by atoms with van der Waals surface area (Å²) in [7, 11) is 0.443. The van der Waals surface area contributed by atoms with Crippen LogP contribution in [0, 0.1) is 0 Å². The fourth-order valence-electron chi connectivity index (χ4n) is 3.20. The van der Waals surface area contributed by atoms with E-state index >= 15 is 0 Å². The first-order valence-corrected chi connectivity index (χ1v) is 10.2. The highest BCUT2D eigenvalue weighted by atomic mass is 32.2. The molecule has 0 radical (unpaired) electrons. The number of allylic oxidation sites excluding steroid dienone is 1. The molecule has 3 heterocycles. The van der Waals surface area contributed by atoms with Crippen molar-refractivity contribution in [2.45, 2.75) is 6.42 Å². The van der Waals surface area contributed by atoms with Gasteiger partial charge in [-0.25, -0.2) is 4.21 Å². The van der Waals surface area contributed by atoms with E-state index in [1.165, 1.54) is 11.8 Å². The molecular weight excluding hydrogens is 354 g/mol. The molecule has 0 fully saturated rings. The van der Waals surface area contributed by atoms with Crippen LogP contribution in [0.1, 0.15) is 17.7 Å². The highest BCUT2D eigenvalue weighted by molar-refractivity contribution is 8.19. The van der Waals surface area contributed by atoms with Crippen LogP contribution in [0.5, 0.6) is 5.75 Å². The highest BCUT2D eigenvalue weighted by Gasteiger charge is 2.36. The molecule has 0 bridgehead atoms. The molecule has 1 unspecified atom stereocenters. The van der Waals surface area contributed by atoms with E-state index in [1.54, 1.807) is 13.3 Å². The van der Waals surface area contributed by atoms with Gasteiger partial charge in [-0.05, 0) is 36.4 Å². The molecule has 1 N–H and O–H groups in total. The fourth-order valence-corrected chi connectivity index (χ4v) is 5.81. The number of aromatic nitrogens is 2. The lowest BCUT2D eigenvalue weighted by Crippen LogP contribution is -2.14. The quantitative estimate of drug-likeness (QED) is 0.895. The van der Waals surface area contributed by atoms with Gasteiger partial charge in [0.05, 0.1) is 38.5 Å². The number of aromatic amines is 1. The van der Waals surface area contributed by atoms with Crippen LogP contribution in [0.15, 0.2) is 56.9 Å². The maximum absolute atomic E-state index is 13.1. The molecule has 0 amide bonds. The van der Waals surface area contributed by atoms with Gasteiger partial charge < -0.3 is 4.74 Å². The minimum Gasteiger partial charge on any atom is -0.497 e. The van der Waals surface area contributed by atoms with Crippen molar-refractivity contribution in [2.24, 2.45) is 4.99 Å². The van der Waals surface area contributed by atoms with Gasteiger partial charge in [0.1, 0.15) is 5.75 Å². The number of hydrogen-bond donors (Lipinski definition) is 1. The Kier molecular flexibility index (Phi) is 4.35. The fraction of sp³-hybridized carbons (Fsp3) is 0.222. The smallest absolute Gasteiger partial charge is 0.119 e. The molecule has 0 spiro atoms. The summed E-state index contributed by atoms with van der Waals surface area (Å²) in [5, 5.41) is 6.99. The third-order valence-electron chi connectivity index (χ3n) is 4.28. The average Bonchev–Trinajstić information content (AvgIpc) is 3.26. The summed E-state index contributed by atoms with van der Waals surface area (Å²) in [5.74, 6) is 0.788. The number of nitrogens with one attached hydrogen (secondary N) is 1. The number of fused-ring (bicyclic) bond motifs is 1. The van der Waals surface area contributed by atoms with Crippen molar-refractivity contribution in [3.63, 3.8) is 0 Å². The van der Waals surface area contributed by atoms with Crippen LogP contribution < -0.4 is 4.74 Å². The number of benzene rings is 1. The monoisotopic (exact) mass is 371 g/mol. The first-order valence-electron chi connectivity index (χ1n) is 7.87. The SMILES string of the molecule is COc1cccc(C2=NCCC3=C(c4ccn[nH]4)S(=O)C(SC)=C23)c1. The van der Waals surface area contributed by atoms with Gasteiger partial charge in [-0.3, -0.25) is 10.1 Å². The maximum atomic E-state index is 13.1. The number of methoxy groups -OCH3 is 1. The first-order chi connectivity index (χ1) is 12.2. The van der Waals surface area contributed by atoms with Crippen LogP contribution in [-0.2, 0) is 10.8 Å². The molecule has 0 saturated heterocycles. The first kappa shape index (κ1) is 16.4. The molecule has 2 aromatic rings. The van der Waals surface area contributed by atoms with Crippen molar-refractivity contribution in [3.05, 3.63) is 63.2 Å². The van der Waals surface area contributed by atoms with Crippen LogP contribution in [0.2, 0.25) is 0 Å². The molecule has 128 valence electrons. The lowest BCUT2D eigenvalue weighted by atomic mass is 9.91. The van der Waals surface area contributed by atoms with Gasteiger partial charge in [-0.15, -0.1) is 11.8 Å². The van der Waals surface area contributed by atoms with Gasteiger partial charge >= 0.3 is 0 Å². The summed E-state index contributed by atoms with van der Waals surface area (Å²) in [5.41, 5.74) is 4.82. The van der Waals surface area contributed by atoms with Crippen molar-refractivity contribution in [1.82, 2.24) is 10.2 Å². The predicted molar refractivity (Wildman–Crippen MR) is 103 cm³/mol. The van der Waals surface area contributed by atoms with Crippen LogP contribution in [0.25, 0.3) is 4.91 Å². The Morgan fingerprint density at radius 1 is 1.32 bits per heavy atom. The van der Waals surface area contributed by atoms with Gasteiger partial charge in [0.15, 0.2) is 0 Å². The number of thioether (sulfide) groups is 1. The average molecular weight is 371 g/mol. The van der Waals surface area contributed by atoms with Crippen molar-refractivity contribution < 1.29 is 8.95 Å². The van der Waals surface area contributed by atoms with Gasteiger partial charge in [0.25, 0.3) is 0 Å². The number of nitrogens with zero attached hydrogens (tertiary/aromatic N) is 2. The second-order valence-corrected chi connectivity index (χ2v) is 8.05. The van der Waals surface area contributed by atoms with Crippen LogP contribution in [0.4, 0.5) is 0 Å². The highest BCUT2D eigenvalue weighted by Crippen LogP contribution is 2.46. The Hall–Kier alpha value is -2.12.